The van der Waals surface area contributed by atoms with Gasteiger partial charge in [0.15, 0.2) is 6.61 Å². The average molecular weight is 423 g/mol. The van der Waals surface area contributed by atoms with E-state index in [1.165, 1.54) is 37.4 Å². The number of anilines is 1. The van der Waals surface area contributed by atoms with Gasteiger partial charge in [0.05, 0.1) is 38.5 Å². The Kier molecular flexibility index (Phi) is 6.79. The van der Waals surface area contributed by atoms with Crippen molar-refractivity contribution in [1.29, 1.82) is 0 Å². The summed E-state index contributed by atoms with van der Waals surface area (Å²) in [5.74, 6) is -0.765. The number of nitrogens with one attached hydrogen (secondary N) is 1. The molecule has 0 heterocycles. The van der Waals surface area contributed by atoms with Gasteiger partial charge in [-0.1, -0.05) is 46.4 Å². The molecule has 0 aromatic heterocycles. The number of carbonyl (C=O) groups is 2. The lowest BCUT2D eigenvalue weighted by Crippen LogP contribution is -2.20. The van der Waals surface area contributed by atoms with Crippen molar-refractivity contribution in [2.75, 3.05) is 19.0 Å². The lowest BCUT2D eigenvalue weighted by Gasteiger charge is -2.11. The fourth-order valence-corrected chi connectivity index (χ4v) is 2.64. The maximum absolute atomic E-state index is 12.0. The predicted octanol–water partition coefficient (Wildman–Crippen LogP) is 5.10. The minimum Gasteiger partial charge on any atom is -0.482 e. The lowest BCUT2D eigenvalue weighted by molar-refractivity contribution is -0.118. The number of rotatable bonds is 5. The number of methoxy groups -OCH3 is 1. The normalized spacial score (nSPS) is 10.3. The molecule has 0 aliphatic heterocycles. The fraction of sp³-hybridized carbons (Fsp3) is 0.125. The third-order valence-corrected chi connectivity index (χ3v) is 4.33. The summed E-state index contributed by atoms with van der Waals surface area (Å²) in [5, 5.41) is 3.49. The standard InChI is InChI=1S/C16H11Cl4NO4/c1-24-16(23)8-2-3-14(12(20)4-8)25-7-15(22)21-13-6-10(18)9(17)5-11(13)19/h2-6H,7H2,1H3,(H,21,22). The second-order valence-electron chi connectivity index (χ2n) is 4.72. The largest absolute Gasteiger partial charge is 0.482 e. The molecule has 0 unspecified atom stereocenters. The van der Waals surface area contributed by atoms with E-state index in [-0.39, 0.29) is 38.0 Å². The van der Waals surface area contributed by atoms with Crippen LogP contribution in [-0.2, 0) is 9.53 Å². The quantitative estimate of drug-likeness (QED) is 0.537. The molecular weight excluding hydrogens is 412 g/mol. The van der Waals surface area contributed by atoms with E-state index in [1.54, 1.807) is 0 Å². The molecule has 0 aliphatic rings. The molecule has 0 bridgehead atoms. The molecule has 0 atom stereocenters. The molecule has 0 spiro atoms. The van der Waals surface area contributed by atoms with Gasteiger partial charge in [0.1, 0.15) is 5.75 Å². The van der Waals surface area contributed by atoms with Gasteiger partial charge in [0, 0.05) is 0 Å². The number of hydrogen-bond donors (Lipinski definition) is 1. The van der Waals surface area contributed by atoms with Crippen LogP contribution in [0.25, 0.3) is 0 Å². The minimum atomic E-state index is -0.527. The zero-order valence-corrected chi connectivity index (χ0v) is 15.8. The van der Waals surface area contributed by atoms with E-state index in [1.807, 2.05) is 0 Å². The number of carbonyl (C=O) groups excluding carboxylic acids is 2. The third kappa shape index (κ3) is 5.16. The number of benzene rings is 2. The molecule has 9 heteroatoms. The number of hydrogen-bond acceptors (Lipinski definition) is 4. The van der Waals surface area contributed by atoms with Crippen LogP contribution in [0.2, 0.25) is 20.1 Å². The summed E-state index contributed by atoms with van der Waals surface area (Å²) in [4.78, 5) is 23.4. The Hall–Kier alpha value is -1.66. The van der Waals surface area contributed by atoms with E-state index in [0.29, 0.717) is 5.69 Å². The second-order valence-corrected chi connectivity index (χ2v) is 6.35. The van der Waals surface area contributed by atoms with E-state index in [4.69, 9.17) is 51.1 Å². The van der Waals surface area contributed by atoms with Crippen molar-refractivity contribution >= 4 is 64.0 Å². The van der Waals surface area contributed by atoms with Crippen molar-refractivity contribution in [3.63, 3.8) is 0 Å². The van der Waals surface area contributed by atoms with E-state index in [2.05, 4.69) is 10.1 Å². The number of halogens is 4. The highest BCUT2D eigenvalue weighted by atomic mass is 35.5. The molecule has 1 N–H and O–H groups in total. The molecule has 1 amide bonds. The molecular formula is C16H11Cl4NO4. The van der Waals surface area contributed by atoms with Crippen molar-refractivity contribution in [3.05, 3.63) is 56.0 Å². The van der Waals surface area contributed by atoms with Gasteiger partial charge in [0.2, 0.25) is 0 Å². The predicted molar refractivity (Wildman–Crippen MR) is 98.4 cm³/mol. The zero-order valence-electron chi connectivity index (χ0n) is 12.7. The Balaban J connectivity index is 2.01. The number of esters is 1. The van der Waals surface area contributed by atoms with Crippen LogP contribution in [0, 0.1) is 0 Å². The van der Waals surface area contributed by atoms with Gasteiger partial charge in [-0.3, -0.25) is 4.79 Å². The monoisotopic (exact) mass is 421 g/mol. The Morgan fingerprint density at radius 2 is 1.64 bits per heavy atom. The van der Waals surface area contributed by atoms with Crippen molar-refractivity contribution < 1.29 is 19.1 Å². The first-order chi connectivity index (χ1) is 11.8. The molecule has 2 aromatic rings. The summed E-state index contributed by atoms with van der Waals surface area (Å²) in [6.07, 6.45) is 0. The summed E-state index contributed by atoms with van der Waals surface area (Å²) in [7, 11) is 1.26. The van der Waals surface area contributed by atoms with Crippen LogP contribution in [0.3, 0.4) is 0 Å². The van der Waals surface area contributed by atoms with Gasteiger partial charge in [-0.05, 0) is 30.3 Å². The first kappa shape index (κ1) is 19.7. The van der Waals surface area contributed by atoms with Crippen LogP contribution < -0.4 is 10.1 Å². The molecule has 132 valence electrons. The van der Waals surface area contributed by atoms with Gasteiger partial charge in [-0.2, -0.15) is 0 Å². The Labute approximate surface area is 163 Å². The van der Waals surface area contributed by atoms with Crippen LogP contribution in [0.1, 0.15) is 10.4 Å². The second kappa shape index (κ2) is 8.63. The van der Waals surface area contributed by atoms with Gasteiger partial charge >= 0.3 is 5.97 Å². The SMILES string of the molecule is COC(=O)c1ccc(OCC(=O)Nc2cc(Cl)c(Cl)cc2Cl)c(Cl)c1. The molecule has 0 saturated heterocycles. The van der Waals surface area contributed by atoms with Crippen molar-refractivity contribution in [3.8, 4) is 5.75 Å². The van der Waals surface area contributed by atoms with Crippen molar-refractivity contribution in [1.82, 2.24) is 0 Å². The lowest BCUT2D eigenvalue weighted by atomic mass is 10.2. The van der Waals surface area contributed by atoms with Crippen LogP contribution in [0.15, 0.2) is 30.3 Å². The molecule has 0 aliphatic carbocycles. The molecule has 5 nitrogen and oxygen atoms in total. The van der Waals surface area contributed by atoms with Crippen molar-refractivity contribution in [2.24, 2.45) is 0 Å². The fourth-order valence-electron chi connectivity index (χ4n) is 1.81. The number of ether oxygens (including phenoxy) is 2. The Morgan fingerprint density at radius 1 is 0.960 bits per heavy atom. The summed E-state index contributed by atoms with van der Waals surface area (Å²) < 4.78 is 9.92. The molecule has 0 radical (unpaired) electrons. The summed E-state index contributed by atoms with van der Waals surface area (Å²) in [6.45, 7) is -0.326. The van der Waals surface area contributed by atoms with E-state index in [9.17, 15) is 9.59 Å². The van der Waals surface area contributed by atoms with E-state index < -0.39 is 11.9 Å². The van der Waals surface area contributed by atoms with E-state index in [0.717, 1.165) is 0 Å². The van der Waals surface area contributed by atoms with Crippen molar-refractivity contribution in [2.45, 2.75) is 0 Å². The zero-order chi connectivity index (χ0) is 18.6. The van der Waals surface area contributed by atoms with E-state index >= 15 is 0 Å². The third-order valence-electron chi connectivity index (χ3n) is 3.00. The molecule has 2 aromatic carbocycles. The topological polar surface area (TPSA) is 64.6 Å². The summed E-state index contributed by atoms with van der Waals surface area (Å²) >= 11 is 23.7. The van der Waals surface area contributed by atoms with Crippen LogP contribution in [0.5, 0.6) is 5.75 Å². The van der Waals surface area contributed by atoms with Crippen LogP contribution in [0.4, 0.5) is 5.69 Å². The molecule has 2 rings (SSSR count). The van der Waals surface area contributed by atoms with Gasteiger partial charge in [0.25, 0.3) is 5.91 Å². The average Bonchev–Trinajstić information content (AvgIpc) is 2.57. The first-order valence-corrected chi connectivity index (χ1v) is 8.28. The van der Waals surface area contributed by atoms with Crippen LogP contribution in [-0.4, -0.2) is 25.6 Å². The maximum atomic E-state index is 12.0. The molecule has 25 heavy (non-hydrogen) atoms. The Morgan fingerprint density at radius 3 is 2.28 bits per heavy atom. The summed E-state index contributed by atoms with van der Waals surface area (Å²) in [6, 6.07) is 7.18. The first-order valence-electron chi connectivity index (χ1n) is 6.77. The Bertz CT molecular complexity index is 826. The van der Waals surface area contributed by atoms with Gasteiger partial charge in [-0.15, -0.1) is 0 Å². The number of amides is 1. The molecule has 0 fully saturated rings. The van der Waals surface area contributed by atoms with Gasteiger partial charge in [-0.25, -0.2) is 4.79 Å². The van der Waals surface area contributed by atoms with Gasteiger partial charge < -0.3 is 14.8 Å². The maximum Gasteiger partial charge on any atom is 0.337 e. The highest BCUT2D eigenvalue weighted by Crippen LogP contribution is 2.32. The van der Waals surface area contributed by atoms with Crippen LogP contribution >= 0.6 is 46.4 Å². The molecule has 0 saturated carbocycles. The summed E-state index contributed by atoms with van der Waals surface area (Å²) in [5.41, 5.74) is 0.573. The minimum absolute atomic E-state index is 0.170. The smallest absolute Gasteiger partial charge is 0.337 e. The highest BCUT2D eigenvalue weighted by molar-refractivity contribution is 6.44. The highest BCUT2D eigenvalue weighted by Gasteiger charge is 2.13.